The van der Waals surface area contributed by atoms with Gasteiger partial charge in [0.25, 0.3) is 0 Å². The van der Waals surface area contributed by atoms with Gasteiger partial charge in [0.1, 0.15) is 6.42 Å². The third-order valence-corrected chi connectivity index (χ3v) is 2.02. The SMILES string of the molecule is Nc1ccccc1-c1noc(CC(F)(F)F)n1. The highest BCUT2D eigenvalue weighted by Crippen LogP contribution is 2.25. The fourth-order valence-electron chi connectivity index (χ4n) is 1.31. The van der Waals surface area contributed by atoms with Crippen LogP contribution in [0.2, 0.25) is 0 Å². The molecule has 0 unspecified atom stereocenters. The Kier molecular flexibility index (Phi) is 2.74. The minimum absolute atomic E-state index is 0.0577. The Hall–Kier alpha value is -2.05. The summed E-state index contributed by atoms with van der Waals surface area (Å²) in [6.45, 7) is 0. The Morgan fingerprint density at radius 3 is 2.59 bits per heavy atom. The van der Waals surface area contributed by atoms with Gasteiger partial charge >= 0.3 is 6.18 Å². The van der Waals surface area contributed by atoms with Crippen LogP contribution in [-0.2, 0) is 6.42 Å². The van der Waals surface area contributed by atoms with E-state index < -0.39 is 18.5 Å². The van der Waals surface area contributed by atoms with Gasteiger partial charge < -0.3 is 10.3 Å². The van der Waals surface area contributed by atoms with Crippen molar-refractivity contribution in [2.24, 2.45) is 0 Å². The fourth-order valence-corrected chi connectivity index (χ4v) is 1.31. The average molecular weight is 243 g/mol. The molecule has 7 heteroatoms. The summed E-state index contributed by atoms with van der Waals surface area (Å²) in [5, 5.41) is 3.47. The van der Waals surface area contributed by atoms with Crippen molar-refractivity contribution >= 4 is 5.69 Å². The molecule has 0 aliphatic rings. The minimum Gasteiger partial charge on any atom is -0.398 e. The van der Waals surface area contributed by atoms with Gasteiger partial charge in [-0.05, 0) is 12.1 Å². The first kappa shape index (κ1) is 11.4. The van der Waals surface area contributed by atoms with Gasteiger partial charge in [-0.15, -0.1) is 0 Å². The highest BCUT2D eigenvalue weighted by atomic mass is 19.4. The maximum atomic E-state index is 12.1. The molecule has 4 nitrogen and oxygen atoms in total. The largest absolute Gasteiger partial charge is 0.398 e. The number of rotatable bonds is 2. The van der Waals surface area contributed by atoms with Gasteiger partial charge in [-0.1, -0.05) is 17.3 Å². The number of benzene rings is 1. The van der Waals surface area contributed by atoms with Crippen molar-refractivity contribution in [2.75, 3.05) is 5.73 Å². The first-order valence-corrected chi connectivity index (χ1v) is 4.70. The summed E-state index contributed by atoms with van der Waals surface area (Å²) in [7, 11) is 0. The van der Waals surface area contributed by atoms with Crippen LogP contribution >= 0.6 is 0 Å². The molecule has 0 atom stereocenters. The number of halogens is 3. The van der Waals surface area contributed by atoms with Crippen LogP contribution in [0.5, 0.6) is 0 Å². The molecule has 1 heterocycles. The molecule has 17 heavy (non-hydrogen) atoms. The van der Waals surface area contributed by atoms with Crippen LogP contribution in [0.3, 0.4) is 0 Å². The number of aromatic nitrogens is 2. The maximum Gasteiger partial charge on any atom is 0.397 e. The van der Waals surface area contributed by atoms with Crippen molar-refractivity contribution in [3.05, 3.63) is 30.2 Å². The molecule has 2 aromatic rings. The topological polar surface area (TPSA) is 64.9 Å². The normalized spacial score (nSPS) is 11.7. The van der Waals surface area contributed by atoms with E-state index in [4.69, 9.17) is 5.73 Å². The minimum atomic E-state index is -4.37. The number of alkyl halides is 3. The van der Waals surface area contributed by atoms with Gasteiger partial charge in [-0.2, -0.15) is 18.2 Å². The molecule has 0 spiro atoms. The molecule has 2 rings (SSSR count). The van der Waals surface area contributed by atoms with Crippen molar-refractivity contribution in [2.45, 2.75) is 12.6 Å². The zero-order valence-corrected chi connectivity index (χ0v) is 8.53. The molecule has 0 fully saturated rings. The van der Waals surface area contributed by atoms with E-state index in [-0.39, 0.29) is 5.82 Å². The fraction of sp³-hybridized carbons (Fsp3) is 0.200. The molecule has 0 saturated heterocycles. The molecular formula is C10H8F3N3O. The van der Waals surface area contributed by atoms with Gasteiger partial charge in [0.15, 0.2) is 0 Å². The van der Waals surface area contributed by atoms with Gasteiger partial charge in [-0.25, -0.2) is 0 Å². The van der Waals surface area contributed by atoms with Gasteiger partial charge in [0, 0.05) is 11.3 Å². The number of anilines is 1. The lowest BCUT2D eigenvalue weighted by atomic mass is 10.2. The Balaban J connectivity index is 2.28. The zero-order valence-electron chi connectivity index (χ0n) is 8.53. The monoisotopic (exact) mass is 243 g/mol. The Morgan fingerprint density at radius 2 is 1.94 bits per heavy atom. The lowest BCUT2D eigenvalue weighted by Crippen LogP contribution is -2.11. The summed E-state index contributed by atoms with van der Waals surface area (Å²) in [6.07, 6.45) is -5.61. The molecule has 1 aromatic heterocycles. The molecule has 1 aromatic carbocycles. The van der Waals surface area contributed by atoms with Crippen LogP contribution in [0.4, 0.5) is 18.9 Å². The number of hydrogen-bond donors (Lipinski definition) is 1. The van der Waals surface area contributed by atoms with Crippen molar-refractivity contribution in [1.82, 2.24) is 10.1 Å². The summed E-state index contributed by atoms with van der Waals surface area (Å²) >= 11 is 0. The molecular weight excluding hydrogens is 235 g/mol. The number of hydrogen-bond acceptors (Lipinski definition) is 4. The highest BCUT2D eigenvalue weighted by molar-refractivity contribution is 5.70. The van der Waals surface area contributed by atoms with Crippen LogP contribution < -0.4 is 5.73 Å². The van der Waals surface area contributed by atoms with Gasteiger partial charge in [0.05, 0.1) is 0 Å². The predicted octanol–water partition coefficient (Wildman–Crippen LogP) is 2.42. The van der Waals surface area contributed by atoms with E-state index in [0.717, 1.165) is 0 Å². The number of nitrogen functional groups attached to an aromatic ring is 1. The summed E-state index contributed by atoms with van der Waals surface area (Å²) in [6, 6.07) is 6.60. The lowest BCUT2D eigenvalue weighted by Gasteiger charge is -2.00. The number of nitrogens with zero attached hydrogens (tertiary/aromatic N) is 2. The number of nitrogens with two attached hydrogens (primary N) is 1. The van der Waals surface area contributed by atoms with Crippen molar-refractivity contribution < 1.29 is 17.7 Å². The van der Waals surface area contributed by atoms with E-state index in [1.807, 2.05) is 0 Å². The molecule has 0 amide bonds. The third-order valence-electron chi connectivity index (χ3n) is 2.02. The van der Waals surface area contributed by atoms with Crippen LogP contribution in [0, 0.1) is 0 Å². The van der Waals surface area contributed by atoms with E-state index in [9.17, 15) is 13.2 Å². The molecule has 0 saturated carbocycles. The maximum absolute atomic E-state index is 12.1. The lowest BCUT2D eigenvalue weighted by molar-refractivity contribution is -0.131. The van der Waals surface area contributed by atoms with Crippen LogP contribution in [0.25, 0.3) is 11.4 Å². The van der Waals surface area contributed by atoms with Gasteiger partial charge in [-0.3, -0.25) is 0 Å². The number of para-hydroxylation sites is 1. The zero-order chi connectivity index (χ0) is 12.5. The van der Waals surface area contributed by atoms with Gasteiger partial charge in [0.2, 0.25) is 11.7 Å². The van der Waals surface area contributed by atoms with Crippen LogP contribution in [0.1, 0.15) is 5.89 Å². The molecule has 0 bridgehead atoms. The van der Waals surface area contributed by atoms with Crippen LogP contribution in [-0.4, -0.2) is 16.3 Å². The van der Waals surface area contributed by atoms with E-state index in [1.54, 1.807) is 24.3 Å². The smallest absolute Gasteiger partial charge is 0.397 e. The summed E-state index contributed by atoms with van der Waals surface area (Å²) in [5.41, 5.74) is 6.48. The summed E-state index contributed by atoms with van der Waals surface area (Å²) < 4.78 is 40.8. The Bertz CT molecular complexity index is 522. The van der Waals surface area contributed by atoms with Crippen LogP contribution in [0.15, 0.2) is 28.8 Å². The third kappa shape index (κ3) is 2.74. The first-order valence-electron chi connectivity index (χ1n) is 4.70. The van der Waals surface area contributed by atoms with E-state index >= 15 is 0 Å². The van der Waals surface area contributed by atoms with Crippen molar-refractivity contribution in [3.63, 3.8) is 0 Å². The molecule has 0 aliphatic heterocycles. The average Bonchev–Trinajstić information content (AvgIpc) is 2.64. The van der Waals surface area contributed by atoms with E-state index in [1.165, 1.54) is 0 Å². The second kappa shape index (κ2) is 4.08. The quantitative estimate of drug-likeness (QED) is 0.822. The molecule has 0 aliphatic carbocycles. The first-order chi connectivity index (χ1) is 7.96. The molecule has 90 valence electrons. The Labute approximate surface area is 94.2 Å². The standard InChI is InChI=1S/C10H8F3N3O/c11-10(12,13)5-8-15-9(16-17-8)6-3-1-2-4-7(6)14/h1-4H,5,14H2. The second-order valence-electron chi connectivity index (χ2n) is 3.39. The van der Waals surface area contributed by atoms with E-state index in [2.05, 4.69) is 14.7 Å². The van der Waals surface area contributed by atoms with E-state index in [0.29, 0.717) is 11.3 Å². The van der Waals surface area contributed by atoms with Crippen molar-refractivity contribution in [3.8, 4) is 11.4 Å². The summed E-state index contributed by atoms with van der Waals surface area (Å²) in [5.74, 6) is -0.418. The summed E-state index contributed by atoms with van der Waals surface area (Å²) in [4.78, 5) is 3.65. The molecule has 2 N–H and O–H groups in total. The predicted molar refractivity (Wildman–Crippen MR) is 53.9 cm³/mol. The highest BCUT2D eigenvalue weighted by Gasteiger charge is 2.31. The molecule has 0 radical (unpaired) electrons. The Morgan fingerprint density at radius 1 is 1.24 bits per heavy atom. The van der Waals surface area contributed by atoms with Crippen molar-refractivity contribution in [1.29, 1.82) is 0 Å². The second-order valence-corrected chi connectivity index (χ2v) is 3.39.